The van der Waals surface area contributed by atoms with E-state index in [1.54, 1.807) is 18.9 Å². The number of benzene rings is 3. The van der Waals surface area contributed by atoms with Gasteiger partial charge in [0.1, 0.15) is 11.5 Å². The van der Waals surface area contributed by atoms with Gasteiger partial charge in [-0.1, -0.05) is 54.2 Å². The molecule has 6 nitrogen and oxygen atoms in total. The smallest absolute Gasteiger partial charge is 0.216 e. The summed E-state index contributed by atoms with van der Waals surface area (Å²) < 4.78 is 11.8. The van der Waals surface area contributed by atoms with Crippen molar-refractivity contribution >= 4 is 29.0 Å². The molecule has 2 heterocycles. The third kappa shape index (κ3) is 5.32. The first-order chi connectivity index (χ1) is 18.1. The van der Waals surface area contributed by atoms with E-state index >= 15 is 0 Å². The van der Waals surface area contributed by atoms with Crippen LogP contribution in [0.15, 0.2) is 94.9 Å². The Balaban J connectivity index is 1.38. The number of anilines is 2. The van der Waals surface area contributed by atoms with Gasteiger partial charge in [0, 0.05) is 37.5 Å². The SMILES string of the molecule is CCN1C(=CC=CC2Oc3ccc(-c4ccccc4)cc3N2CCNC(C)=O)Sc2ccc(OC)cc21. The molecule has 0 radical (unpaired) electrons. The minimum absolute atomic E-state index is 0.0377. The number of fused-ring (bicyclic) bond motifs is 2. The second-order valence-electron chi connectivity index (χ2n) is 8.80. The largest absolute Gasteiger partial charge is 0.497 e. The van der Waals surface area contributed by atoms with E-state index in [2.05, 4.69) is 76.7 Å². The first-order valence-electron chi connectivity index (χ1n) is 12.5. The van der Waals surface area contributed by atoms with Crippen molar-refractivity contribution < 1.29 is 14.3 Å². The maximum atomic E-state index is 11.5. The minimum atomic E-state index is -0.268. The molecular formula is C30H31N3O3S. The molecule has 1 N–H and O–H groups in total. The Bertz CT molecular complexity index is 1340. The molecule has 7 heteroatoms. The van der Waals surface area contributed by atoms with Gasteiger partial charge in [0.05, 0.1) is 23.5 Å². The van der Waals surface area contributed by atoms with Crippen molar-refractivity contribution in [3.63, 3.8) is 0 Å². The molecule has 190 valence electrons. The highest BCUT2D eigenvalue weighted by atomic mass is 32.2. The van der Waals surface area contributed by atoms with Crippen molar-refractivity contribution in [1.29, 1.82) is 0 Å². The van der Waals surface area contributed by atoms with Gasteiger partial charge >= 0.3 is 0 Å². The van der Waals surface area contributed by atoms with E-state index in [9.17, 15) is 4.79 Å². The van der Waals surface area contributed by atoms with E-state index in [0.717, 1.165) is 39.9 Å². The Hall–Kier alpha value is -3.84. The van der Waals surface area contributed by atoms with Crippen LogP contribution in [-0.2, 0) is 4.79 Å². The number of nitrogens with one attached hydrogen (secondary N) is 1. The summed E-state index contributed by atoms with van der Waals surface area (Å²) in [4.78, 5) is 17.2. The van der Waals surface area contributed by atoms with Crippen LogP contribution in [0.25, 0.3) is 11.1 Å². The van der Waals surface area contributed by atoms with Crippen LogP contribution < -0.4 is 24.6 Å². The van der Waals surface area contributed by atoms with E-state index in [-0.39, 0.29) is 12.1 Å². The van der Waals surface area contributed by atoms with Crippen molar-refractivity contribution in [3.05, 3.63) is 90.0 Å². The first-order valence-corrected chi connectivity index (χ1v) is 13.3. The van der Waals surface area contributed by atoms with Crippen molar-refractivity contribution in [1.82, 2.24) is 5.32 Å². The third-order valence-electron chi connectivity index (χ3n) is 6.43. The van der Waals surface area contributed by atoms with Gasteiger partial charge in [-0.2, -0.15) is 0 Å². The van der Waals surface area contributed by atoms with Crippen LogP contribution in [0.2, 0.25) is 0 Å². The average Bonchev–Trinajstić information content (AvgIpc) is 3.45. The number of carbonyl (C=O) groups excluding carboxylic acids is 1. The first kappa shape index (κ1) is 24.8. The fourth-order valence-corrected chi connectivity index (χ4v) is 5.74. The molecule has 0 bridgehead atoms. The van der Waals surface area contributed by atoms with Crippen molar-refractivity contribution in [3.8, 4) is 22.6 Å². The monoisotopic (exact) mass is 513 g/mol. The molecule has 1 unspecified atom stereocenters. The summed E-state index contributed by atoms with van der Waals surface area (Å²) >= 11 is 1.75. The molecule has 0 aromatic heterocycles. The number of hydrogen-bond donors (Lipinski definition) is 1. The highest BCUT2D eigenvalue weighted by molar-refractivity contribution is 8.03. The predicted molar refractivity (Wildman–Crippen MR) is 151 cm³/mol. The fraction of sp³-hybridized carbons (Fsp3) is 0.233. The van der Waals surface area contributed by atoms with Crippen molar-refractivity contribution in [2.24, 2.45) is 0 Å². The van der Waals surface area contributed by atoms with Crippen LogP contribution in [0.3, 0.4) is 0 Å². The molecule has 1 atom stereocenters. The second kappa shape index (κ2) is 11.0. The van der Waals surface area contributed by atoms with Crippen LogP contribution in [0.5, 0.6) is 11.5 Å². The maximum Gasteiger partial charge on any atom is 0.216 e. The number of allylic oxidation sites excluding steroid dienone is 2. The lowest BCUT2D eigenvalue weighted by atomic mass is 10.0. The van der Waals surface area contributed by atoms with Gasteiger partial charge in [0.25, 0.3) is 0 Å². The highest BCUT2D eigenvalue weighted by Crippen LogP contribution is 2.47. The number of carbonyl (C=O) groups is 1. The lowest BCUT2D eigenvalue weighted by molar-refractivity contribution is -0.118. The second-order valence-corrected chi connectivity index (χ2v) is 9.87. The molecule has 37 heavy (non-hydrogen) atoms. The van der Waals surface area contributed by atoms with Gasteiger partial charge in [0.15, 0.2) is 6.23 Å². The fourth-order valence-electron chi connectivity index (χ4n) is 4.62. The normalized spacial score (nSPS) is 17.2. The number of amides is 1. The van der Waals surface area contributed by atoms with E-state index in [1.807, 2.05) is 30.3 Å². The van der Waals surface area contributed by atoms with E-state index in [1.165, 1.54) is 17.5 Å². The maximum absolute atomic E-state index is 11.5. The standard InChI is InChI=1S/C30H31N3O3S/c1-4-32-26-20-24(35-3)14-16-28(26)37-30(32)12-8-11-29-33(18-17-31-21(2)34)25-19-23(13-15-27(25)36-29)22-9-6-5-7-10-22/h5-16,19-20,29H,4,17-18H2,1-3H3,(H,31,34). The Morgan fingerprint density at radius 1 is 1.08 bits per heavy atom. The lowest BCUT2D eigenvalue weighted by Crippen LogP contribution is -2.39. The number of nitrogens with zero attached hydrogens (tertiary/aromatic N) is 2. The van der Waals surface area contributed by atoms with Crippen LogP contribution in [0, 0.1) is 0 Å². The zero-order chi connectivity index (χ0) is 25.8. The number of rotatable bonds is 8. The summed E-state index contributed by atoms with van der Waals surface area (Å²) in [5, 5.41) is 4.07. The Kier molecular flexibility index (Phi) is 7.42. The molecule has 0 saturated heterocycles. The van der Waals surface area contributed by atoms with Crippen LogP contribution in [-0.4, -0.2) is 38.9 Å². The Labute approximate surface area is 222 Å². The van der Waals surface area contributed by atoms with Crippen molar-refractivity contribution in [2.75, 3.05) is 36.5 Å². The molecular weight excluding hydrogens is 482 g/mol. The summed E-state index contributed by atoms with van der Waals surface area (Å²) in [5.74, 6) is 1.66. The molecule has 1 amide bonds. The van der Waals surface area contributed by atoms with Gasteiger partial charge in [-0.3, -0.25) is 4.79 Å². The summed E-state index contributed by atoms with van der Waals surface area (Å²) in [5.41, 5.74) is 4.48. The van der Waals surface area contributed by atoms with Gasteiger partial charge < -0.3 is 24.6 Å². The average molecular weight is 514 g/mol. The molecule has 0 saturated carbocycles. The van der Waals surface area contributed by atoms with Gasteiger partial charge in [-0.25, -0.2) is 0 Å². The number of methoxy groups -OCH3 is 1. The summed E-state index contributed by atoms with van der Waals surface area (Å²) in [6.45, 7) is 5.73. The summed E-state index contributed by atoms with van der Waals surface area (Å²) in [6, 6.07) is 22.8. The van der Waals surface area contributed by atoms with Crippen LogP contribution >= 0.6 is 11.8 Å². The zero-order valence-corrected chi connectivity index (χ0v) is 22.1. The van der Waals surface area contributed by atoms with Crippen LogP contribution in [0.4, 0.5) is 11.4 Å². The van der Waals surface area contributed by atoms with E-state index in [4.69, 9.17) is 9.47 Å². The molecule has 2 aliphatic rings. The molecule has 3 aromatic carbocycles. The quantitative estimate of drug-likeness (QED) is 0.396. The topological polar surface area (TPSA) is 54.0 Å². The molecule has 0 spiro atoms. The molecule has 5 rings (SSSR count). The number of thioether (sulfide) groups is 1. The van der Waals surface area contributed by atoms with Crippen LogP contribution in [0.1, 0.15) is 13.8 Å². The van der Waals surface area contributed by atoms with Crippen molar-refractivity contribution in [2.45, 2.75) is 25.0 Å². The number of hydrogen-bond acceptors (Lipinski definition) is 6. The van der Waals surface area contributed by atoms with Gasteiger partial charge in [-0.15, -0.1) is 0 Å². The predicted octanol–water partition coefficient (Wildman–Crippen LogP) is 6.05. The number of ether oxygens (including phenoxy) is 2. The highest BCUT2D eigenvalue weighted by Gasteiger charge is 2.29. The minimum Gasteiger partial charge on any atom is -0.497 e. The Morgan fingerprint density at radius 3 is 2.68 bits per heavy atom. The van der Waals surface area contributed by atoms with E-state index < -0.39 is 0 Å². The lowest BCUT2D eigenvalue weighted by Gasteiger charge is -2.23. The third-order valence-corrected chi connectivity index (χ3v) is 7.56. The van der Waals surface area contributed by atoms with Gasteiger partial charge in [-0.05, 0) is 54.5 Å². The molecule has 2 aliphatic heterocycles. The molecule has 3 aromatic rings. The molecule has 0 aliphatic carbocycles. The summed E-state index contributed by atoms with van der Waals surface area (Å²) in [6.07, 6.45) is 6.00. The molecule has 0 fully saturated rings. The van der Waals surface area contributed by atoms with E-state index in [0.29, 0.717) is 13.1 Å². The zero-order valence-electron chi connectivity index (χ0n) is 21.3. The summed E-state index contributed by atoms with van der Waals surface area (Å²) in [7, 11) is 1.69. The van der Waals surface area contributed by atoms with Gasteiger partial charge in [0.2, 0.25) is 5.91 Å². The Morgan fingerprint density at radius 2 is 1.92 bits per heavy atom.